The molecule has 0 aliphatic carbocycles. The lowest BCUT2D eigenvalue weighted by molar-refractivity contribution is -0.129. The highest BCUT2D eigenvalue weighted by atomic mass is 16.3. The first kappa shape index (κ1) is 21.6. The third kappa shape index (κ3) is 4.56. The Morgan fingerprint density at radius 3 is 2.33 bits per heavy atom. The average molecular weight is 407 g/mol. The summed E-state index contributed by atoms with van der Waals surface area (Å²) in [5, 5.41) is 10.6. The molecule has 3 rings (SSSR count). The first-order chi connectivity index (χ1) is 14.4. The minimum atomic E-state index is -0.538. The topological polar surface area (TPSA) is 60.9 Å². The Morgan fingerprint density at radius 2 is 1.73 bits per heavy atom. The Balaban J connectivity index is 1.90. The Hall–Kier alpha value is -3.08. The number of hydrogen-bond acceptors (Lipinski definition) is 4. The van der Waals surface area contributed by atoms with Gasteiger partial charge in [0.15, 0.2) is 11.5 Å². The molecule has 5 heteroatoms. The van der Waals surface area contributed by atoms with Crippen LogP contribution >= 0.6 is 0 Å². The van der Waals surface area contributed by atoms with E-state index in [1.54, 1.807) is 4.90 Å². The molecule has 1 N–H and O–H groups in total. The lowest BCUT2D eigenvalue weighted by atomic mass is 9.93. The van der Waals surface area contributed by atoms with Crippen LogP contribution in [-0.2, 0) is 16.0 Å². The Bertz CT molecular complexity index is 917. The standard InChI is InChI=1S/C25H30N2O3/c1-4-5-17-27-23(19-12-14-20(15-13-19)26(2)3)22(24(29)25(27)30)21(28)16-11-18-9-7-6-8-10-18/h6-10,12-15,23,29H,4-5,11,16-17H2,1-3H3. The number of rotatable bonds is 9. The highest BCUT2D eigenvalue weighted by Crippen LogP contribution is 2.39. The van der Waals surface area contributed by atoms with Gasteiger partial charge < -0.3 is 14.9 Å². The molecule has 1 aliphatic heterocycles. The van der Waals surface area contributed by atoms with Crippen LogP contribution < -0.4 is 4.90 Å². The fraction of sp³-hybridized carbons (Fsp3) is 0.360. The Kier molecular flexibility index (Phi) is 6.93. The van der Waals surface area contributed by atoms with Crippen molar-refractivity contribution in [3.63, 3.8) is 0 Å². The fourth-order valence-electron chi connectivity index (χ4n) is 3.84. The summed E-state index contributed by atoms with van der Waals surface area (Å²) < 4.78 is 0. The molecular formula is C25H30N2O3. The molecule has 1 aliphatic rings. The van der Waals surface area contributed by atoms with E-state index in [9.17, 15) is 14.7 Å². The number of Topliss-reactive ketones (excluding diaryl/α,β-unsaturated/α-hetero) is 1. The number of anilines is 1. The summed E-state index contributed by atoms with van der Waals surface area (Å²) in [6, 6.07) is 17.1. The van der Waals surface area contributed by atoms with Gasteiger partial charge in [-0.2, -0.15) is 0 Å². The number of unbranched alkanes of at least 4 members (excludes halogenated alkanes) is 1. The van der Waals surface area contributed by atoms with Crippen molar-refractivity contribution in [2.45, 2.75) is 38.6 Å². The lowest BCUT2D eigenvalue weighted by Crippen LogP contribution is -2.32. The van der Waals surface area contributed by atoms with Crippen molar-refractivity contribution in [1.29, 1.82) is 0 Å². The van der Waals surface area contributed by atoms with Crippen LogP contribution in [0.5, 0.6) is 0 Å². The summed E-state index contributed by atoms with van der Waals surface area (Å²) >= 11 is 0. The van der Waals surface area contributed by atoms with E-state index in [0.29, 0.717) is 13.0 Å². The summed E-state index contributed by atoms with van der Waals surface area (Å²) in [6.45, 7) is 2.57. The van der Waals surface area contributed by atoms with Crippen LogP contribution in [0.2, 0.25) is 0 Å². The number of benzene rings is 2. The zero-order valence-electron chi connectivity index (χ0n) is 18.0. The van der Waals surface area contributed by atoms with Crippen molar-refractivity contribution in [2.24, 2.45) is 0 Å². The maximum Gasteiger partial charge on any atom is 0.290 e. The molecule has 2 aromatic rings. The average Bonchev–Trinajstić information content (AvgIpc) is 3.01. The number of aliphatic hydroxyl groups excluding tert-OH is 1. The first-order valence-corrected chi connectivity index (χ1v) is 10.5. The normalized spacial score (nSPS) is 16.3. The number of hydrogen-bond donors (Lipinski definition) is 1. The largest absolute Gasteiger partial charge is 0.503 e. The van der Waals surface area contributed by atoms with E-state index >= 15 is 0 Å². The third-order valence-electron chi connectivity index (χ3n) is 5.57. The summed E-state index contributed by atoms with van der Waals surface area (Å²) in [5.41, 5.74) is 3.17. The van der Waals surface area contributed by atoms with Gasteiger partial charge in [0, 0.05) is 32.7 Å². The molecule has 0 radical (unpaired) electrons. The highest BCUT2D eigenvalue weighted by Gasteiger charge is 2.42. The molecular weight excluding hydrogens is 376 g/mol. The predicted octanol–water partition coefficient (Wildman–Crippen LogP) is 4.45. The van der Waals surface area contributed by atoms with E-state index in [1.165, 1.54) is 0 Å². The van der Waals surface area contributed by atoms with E-state index in [4.69, 9.17) is 0 Å². The second kappa shape index (κ2) is 9.61. The zero-order chi connectivity index (χ0) is 21.7. The molecule has 0 fully saturated rings. The summed E-state index contributed by atoms with van der Waals surface area (Å²) in [5.74, 6) is -1.02. The Morgan fingerprint density at radius 1 is 1.07 bits per heavy atom. The molecule has 1 atom stereocenters. The third-order valence-corrected chi connectivity index (χ3v) is 5.57. The van der Waals surface area contributed by atoms with Crippen LogP contribution in [0.3, 0.4) is 0 Å². The number of aryl methyl sites for hydroxylation is 1. The van der Waals surface area contributed by atoms with Crippen molar-refractivity contribution >= 4 is 17.4 Å². The van der Waals surface area contributed by atoms with Crippen LogP contribution in [0, 0.1) is 0 Å². The molecule has 0 saturated heterocycles. The van der Waals surface area contributed by atoms with Crippen LogP contribution in [0.15, 0.2) is 65.9 Å². The van der Waals surface area contributed by atoms with Crippen molar-refractivity contribution < 1.29 is 14.7 Å². The maximum atomic E-state index is 13.1. The smallest absolute Gasteiger partial charge is 0.290 e. The fourth-order valence-corrected chi connectivity index (χ4v) is 3.84. The lowest BCUT2D eigenvalue weighted by Gasteiger charge is -2.27. The molecule has 30 heavy (non-hydrogen) atoms. The van der Waals surface area contributed by atoms with Gasteiger partial charge in [0.1, 0.15) is 0 Å². The molecule has 0 saturated carbocycles. The van der Waals surface area contributed by atoms with E-state index in [1.807, 2.05) is 73.6 Å². The minimum Gasteiger partial charge on any atom is -0.503 e. The van der Waals surface area contributed by atoms with Crippen molar-refractivity contribution in [3.8, 4) is 0 Å². The molecule has 0 spiro atoms. The number of aliphatic hydroxyl groups is 1. The predicted molar refractivity (Wildman–Crippen MR) is 120 cm³/mol. The van der Waals surface area contributed by atoms with Gasteiger partial charge in [-0.25, -0.2) is 0 Å². The van der Waals surface area contributed by atoms with E-state index in [-0.39, 0.29) is 17.8 Å². The van der Waals surface area contributed by atoms with Gasteiger partial charge in [-0.1, -0.05) is 55.8 Å². The van der Waals surface area contributed by atoms with Gasteiger partial charge in [-0.3, -0.25) is 9.59 Å². The second-order valence-electron chi connectivity index (χ2n) is 7.91. The minimum absolute atomic E-state index is 0.176. The van der Waals surface area contributed by atoms with Gasteiger partial charge in [0.05, 0.1) is 11.6 Å². The van der Waals surface area contributed by atoms with Gasteiger partial charge in [0.2, 0.25) is 0 Å². The number of amides is 1. The van der Waals surface area contributed by atoms with Crippen LogP contribution in [0.4, 0.5) is 5.69 Å². The monoisotopic (exact) mass is 406 g/mol. The van der Waals surface area contributed by atoms with Crippen LogP contribution in [-0.4, -0.2) is 42.3 Å². The van der Waals surface area contributed by atoms with E-state index in [2.05, 4.69) is 6.92 Å². The number of carbonyl (C=O) groups is 2. The number of carbonyl (C=O) groups excluding carboxylic acids is 2. The summed E-state index contributed by atoms with van der Waals surface area (Å²) in [7, 11) is 3.93. The molecule has 1 amide bonds. The molecule has 158 valence electrons. The molecule has 5 nitrogen and oxygen atoms in total. The van der Waals surface area contributed by atoms with Gasteiger partial charge in [-0.15, -0.1) is 0 Å². The van der Waals surface area contributed by atoms with Crippen molar-refractivity contribution in [2.75, 3.05) is 25.5 Å². The van der Waals surface area contributed by atoms with Gasteiger partial charge >= 0.3 is 0 Å². The molecule has 0 bridgehead atoms. The van der Waals surface area contributed by atoms with Gasteiger partial charge in [-0.05, 0) is 36.1 Å². The zero-order valence-corrected chi connectivity index (χ0v) is 18.0. The molecule has 2 aromatic carbocycles. The molecule has 0 aromatic heterocycles. The van der Waals surface area contributed by atoms with E-state index in [0.717, 1.165) is 29.7 Å². The second-order valence-corrected chi connectivity index (χ2v) is 7.91. The highest BCUT2D eigenvalue weighted by molar-refractivity contribution is 6.09. The number of nitrogens with zero attached hydrogens (tertiary/aromatic N) is 2. The first-order valence-electron chi connectivity index (χ1n) is 10.5. The summed E-state index contributed by atoms with van der Waals surface area (Å²) in [6.07, 6.45) is 2.57. The SMILES string of the molecule is CCCCN1C(=O)C(O)=C(C(=O)CCc2ccccc2)C1c1ccc(N(C)C)cc1. The van der Waals surface area contributed by atoms with Crippen LogP contribution in [0.25, 0.3) is 0 Å². The molecule has 1 heterocycles. The summed E-state index contributed by atoms with van der Waals surface area (Å²) in [4.78, 5) is 29.6. The Labute approximate surface area is 178 Å². The van der Waals surface area contributed by atoms with E-state index < -0.39 is 17.7 Å². The number of ketones is 1. The van der Waals surface area contributed by atoms with Crippen LogP contribution in [0.1, 0.15) is 43.4 Å². The van der Waals surface area contributed by atoms with Crippen molar-refractivity contribution in [3.05, 3.63) is 77.1 Å². The quantitative estimate of drug-likeness (QED) is 0.668. The van der Waals surface area contributed by atoms with Gasteiger partial charge in [0.25, 0.3) is 5.91 Å². The maximum absolute atomic E-state index is 13.1. The molecule has 1 unspecified atom stereocenters. The van der Waals surface area contributed by atoms with Crippen molar-refractivity contribution in [1.82, 2.24) is 4.90 Å².